The molecule has 0 saturated carbocycles. The van der Waals surface area contributed by atoms with Crippen molar-refractivity contribution in [3.8, 4) is 0 Å². The van der Waals surface area contributed by atoms with Crippen LogP contribution in [0.15, 0.2) is 126 Å². The average Bonchev–Trinajstić information content (AvgIpc) is 3.44. The van der Waals surface area contributed by atoms with E-state index in [9.17, 15) is 0 Å². The molecule has 2 atom stereocenters. The van der Waals surface area contributed by atoms with Crippen LogP contribution in [0.4, 0.5) is 0 Å². The SMILES string of the molecule is c1ccc(C2=N[C@H](c3ccccc3)[C@@H]3CC(c4ccccc4)(c4ccccc4)CN23)cc1. The molecule has 0 amide bonds. The van der Waals surface area contributed by atoms with Crippen molar-refractivity contribution in [2.45, 2.75) is 23.9 Å². The predicted octanol–water partition coefficient (Wildman–Crippen LogP) is 6.25. The molecule has 2 nitrogen and oxygen atoms in total. The Balaban J connectivity index is 1.51. The summed E-state index contributed by atoms with van der Waals surface area (Å²) in [6.45, 7) is 0.933. The fourth-order valence-electron chi connectivity index (χ4n) is 5.62. The molecule has 4 aromatic rings. The van der Waals surface area contributed by atoms with E-state index in [0.717, 1.165) is 18.8 Å². The minimum atomic E-state index is -0.0593. The van der Waals surface area contributed by atoms with Crippen molar-refractivity contribution in [1.82, 2.24) is 4.90 Å². The van der Waals surface area contributed by atoms with E-state index < -0.39 is 0 Å². The zero-order valence-electron chi connectivity index (χ0n) is 18.0. The first kappa shape index (κ1) is 19.1. The highest BCUT2D eigenvalue weighted by molar-refractivity contribution is 6.01. The first-order valence-electron chi connectivity index (χ1n) is 11.4. The van der Waals surface area contributed by atoms with E-state index in [4.69, 9.17) is 4.99 Å². The van der Waals surface area contributed by atoms with Gasteiger partial charge in [-0.1, -0.05) is 121 Å². The van der Waals surface area contributed by atoms with Gasteiger partial charge in [0.15, 0.2) is 0 Å². The van der Waals surface area contributed by atoms with Gasteiger partial charge in [0.1, 0.15) is 5.84 Å². The third-order valence-corrected chi connectivity index (χ3v) is 7.12. The summed E-state index contributed by atoms with van der Waals surface area (Å²) in [5, 5.41) is 0. The third-order valence-electron chi connectivity index (χ3n) is 7.12. The van der Waals surface area contributed by atoms with Crippen LogP contribution in [-0.4, -0.2) is 23.3 Å². The molecule has 2 aliphatic heterocycles. The van der Waals surface area contributed by atoms with Crippen LogP contribution in [0.25, 0.3) is 0 Å². The molecule has 4 aromatic carbocycles. The van der Waals surface area contributed by atoms with Crippen molar-refractivity contribution >= 4 is 5.84 Å². The molecule has 2 heterocycles. The summed E-state index contributed by atoms with van der Waals surface area (Å²) in [5.41, 5.74) is 5.22. The lowest BCUT2D eigenvalue weighted by molar-refractivity contribution is 0.380. The van der Waals surface area contributed by atoms with E-state index in [2.05, 4.69) is 126 Å². The molecule has 2 aliphatic rings. The molecule has 32 heavy (non-hydrogen) atoms. The van der Waals surface area contributed by atoms with Crippen LogP contribution < -0.4 is 0 Å². The van der Waals surface area contributed by atoms with Gasteiger partial charge in [0.25, 0.3) is 0 Å². The number of hydrogen-bond donors (Lipinski definition) is 0. The van der Waals surface area contributed by atoms with Crippen LogP contribution in [0.5, 0.6) is 0 Å². The van der Waals surface area contributed by atoms with Gasteiger partial charge in [-0.3, -0.25) is 4.99 Å². The number of nitrogens with zero attached hydrogens (tertiary/aromatic N) is 2. The Hall–Kier alpha value is -3.65. The van der Waals surface area contributed by atoms with Gasteiger partial charge in [0.05, 0.1) is 12.1 Å². The molecule has 2 heteroatoms. The highest BCUT2D eigenvalue weighted by Gasteiger charge is 2.52. The standard InChI is InChI=1S/C30H26N2/c1-5-13-23(14-6-1)28-27-21-30(25-17-9-3-10-18-25,26-19-11-4-12-20-26)22-32(27)29(31-28)24-15-7-2-8-16-24/h1-20,27-28H,21-22H2/t27-,28+/m0/s1. The Kier molecular flexibility index (Phi) is 4.65. The number of hydrogen-bond acceptors (Lipinski definition) is 2. The van der Waals surface area contributed by atoms with Crippen molar-refractivity contribution in [3.05, 3.63) is 144 Å². The summed E-state index contributed by atoms with van der Waals surface area (Å²) < 4.78 is 0. The minimum absolute atomic E-state index is 0.0593. The summed E-state index contributed by atoms with van der Waals surface area (Å²) in [7, 11) is 0. The zero-order chi connectivity index (χ0) is 21.4. The summed E-state index contributed by atoms with van der Waals surface area (Å²) in [6, 6.07) is 44.0. The van der Waals surface area contributed by atoms with Gasteiger partial charge in [-0.05, 0) is 23.1 Å². The van der Waals surface area contributed by atoms with Crippen molar-refractivity contribution in [1.29, 1.82) is 0 Å². The second-order valence-corrected chi connectivity index (χ2v) is 8.89. The van der Waals surface area contributed by atoms with E-state index in [-0.39, 0.29) is 11.5 Å². The van der Waals surface area contributed by atoms with Gasteiger partial charge < -0.3 is 4.90 Å². The second-order valence-electron chi connectivity index (χ2n) is 8.89. The maximum atomic E-state index is 5.31. The van der Waals surface area contributed by atoms with Crippen LogP contribution >= 0.6 is 0 Å². The molecule has 0 unspecified atom stereocenters. The van der Waals surface area contributed by atoms with Gasteiger partial charge in [-0.25, -0.2) is 0 Å². The average molecular weight is 415 g/mol. The number of aliphatic imine (C=N–C) groups is 1. The molecule has 0 bridgehead atoms. The Morgan fingerprint density at radius 2 is 1.12 bits per heavy atom. The molecule has 156 valence electrons. The van der Waals surface area contributed by atoms with Gasteiger partial charge in [-0.15, -0.1) is 0 Å². The smallest absolute Gasteiger partial charge is 0.131 e. The lowest BCUT2D eigenvalue weighted by Gasteiger charge is -2.31. The van der Waals surface area contributed by atoms with Gasteiger partial charge >= 0.3 is 0 Å². The van der Waals surface area contributed by atoms with Crippen molar-refractivity contribution in [2.24, 2.45) is 4.99 Å². The van der Waals surface area contributed by atoms with Crippen LogP contribution in [0.1, 0.15) is 34.7 Å². The van der Waals surface area contributed by atoms with Crippen molar-refractivity contribution in [2.75, 3.05) is 6.54 Å². The lowest BCUT2D eigenvalue weighted by atomic mass is 9.72. The fraction of sp³-hybridized carbons (Fsp3) is 0.167. The summed E-state index contributed by atoms with van der Waals surface area (Å²) in [6.07, 6.45) is 1.04. The third kappa shape index (κ3) is 3.06. The molecule has 0 spiro atoms. The second kappa shape index (κ2) is 7.80. The topological polar surface area (TPSA) is 15.6 Å². The van der Waals surface area contributed by atoms with E-state index in [0.29, 0.717) is 6.04 Å². The van der Waals surface area contributed by atoms with Crippen molar-refractivity contribution < 1.29 is 0 Å². The maximum absolute atomic E-state index is 5.31. The zero-order valence-corrected chi connectivity index (χ0v) is 18.0. The fourth-order valence-corrected chi connectivity index (χ4v) is 5.62. The van der Waals surface area contributed by atoms with Crippen LogP contribution in [0.3, 0.4) is 0 Å². The Labute approximate surface area is 189 Å². The molecule has 0 N–H and O–H groups in total. The summed E-state index contributed by atoms with van der Waals surface area (Å²) in [4.78, 5) is 7.88. The number of amidine groups is 1. The quantitative estimate of drug-likeness (QED) is 0.385. The monoisotopic (exact) mass is 414 g/mol. The number of benzene rings is 4. The Morgan fingerprint density at radius 3 is 1.69 bits per heavy atom. The molecule has 0 radical (unpaired) electrons. The number of rotatable bonds is 4. The summed E-state index contributed by atoms with van der Waals surface area (Å²) >= 11 is 0. The first-order valence-corrected chi connectivity index (χ1v) is 11.4. The van der Waals surface area contributed by atoms with Crippen LogP contribution in [0.2, 0.25) is 0 Å². The van der Waals surface area contributed by atoms with Gasteiger partial charge in [0.2, 0.25) is 0 Å². The Bertz CT molecular complexity index is 1180. The normalized spacial score (nSPS) is 21.2. The molecule has 6 rings (SSSR count). The Morgan fingerprint density at radius 1 is 0.625 bits per heavy atom. The van der Waals surface area contributed by atoms with E-state index in [1.807, 2.05) is 0 Å². The lowest BCUT2D eigenvalue weighted by Crippen LogP contribution is -2.35. The maximum Gasteiger partial charge on any atom is 0.131 e. The van der Waals surface area contributed by atoms with E-state index in [1.54, 1.807) is 0 Å². The molecular weight excluding hydrogens is 388 g/mol. The number of fused-ring (bicyclic) bond motifs is 1. The molecule has 0 aliphatic carbocycles. The summed E-state index contributed by atoms with van der Waals surface area (Å²) in [5.74, 6) is 1.12. The van der Waals surface area contributed by atoms with Crippen LogP contribution in [-0.2, 0) is 5.41 Å². The highest BCUT2D eigenvalue weighted by atomic mass is 15.3. The molecule has 1 fully saturated rings. The molecular formula is C30H26N2. The van der Waals surface area contributed by atoms with Crippen LogP contribution in [0, 0.1) is 0 Å². The van der Waals surface area contributed by atoms with Gasteiger partial charge in [0, 0.05) is 17.5 Å². The largest absolute Gasteiger partial charge is 0.350 e. The van der Waals surface area contributed by atoms with Gasteiger partial charge in [-0.2, -0.15) is 0 Å². The predicted molar refractivity (Wildman–Crippen MR) is 131 cm³/mol. The molecule has 1 saturated heterocycles. The highest BCUT2D eigenvalue weighted by Crippen LogP contribution is 2.50. The molecule has 0 aromatic heterocycles. The van der Waals surface area contributed by atoms with E-state index in [1.165, 1.54) is 22.3 Å². The van der Waals surface area contributed by atoms with Crippen molar-refractivity contribution in [3.63, 3.8) is 0 Å². The first-order chi connectivity index (χ1) is 15.9. The minimum Gasteiger partial charge on any atom is -0.350 e. The van der Waals surface area contributed by atoms with E-state index >= 15 is 0 Å².